The molecule has 4 fully saturated rings. The average molecular weight is 485 g/mol. The smallest absolute Gasteiger partial charge is 0.123 e. The molecule has 4 aliphatic rings. The molecule has 0 heterocycles. The molecule has 0 radical (unpaired) electrons. The Kier molecular flexibility index (Phi) is 6.20. The molecule has 1 N–H and O–H groups in total. The third kappa shape index (κ3) is 4.55. The molecule has 180 valence electrons. The lowest BCUT2D eigenvalue weighted by atomic mass is 9.48. The van der Waals surface area contributed by atoms with Crippen LogP contribution in [-0.4, -0.2) is 11.7 Å². The van der Waals surface area contributed by atoms with Crippen molar-refractivity contribution < 1.29 is 9.84 Å². The van der Waals surface area contributed by atoms with E-state index in [1.165, 1.54) is 49.7 Å². The zero-order valence-electron chi connectivity index (χ0n) is 20.1. The van der Waals surface area contributed by atoms with Crippen LogP contribution in [-0.2, 0) is 12.0 Å². The van der Waals surface area contributed by atoms with Gasteiger partial charge in [0.15, 0.2) is 0 Å². The quantitative estimate of drug-likeness (QED) is 0.367. The number of ether oxygens (including phenoxy) is 1. The van der Waals surface area contributed by atoms with Crippen LogP contribution >= 0.6 is 11.6 Å². The number of halogens is 1. The van der Waals surface area contributed by atoms with E-state index < -0.39 is 0 Å². The Morgan fingerprint density at radius 3 is 2.26 bits per heavy atom. The van der Waals surface area contributed by atoms with Gasteiger partial charge in [-0.25, -0.2) is 0 Å². The summed E-state index contributed by atoms with van der Waals surface area (Å²) in [6.45, 7) is 0.616. The third-order valence-electron chi connectivity index (χ3n) is 8.55. The molecular weight excluding hydrogens is 452 g/mol. The Labute approximate surface area is 213 Å². The third-order valence-corrected chi connectivity index (χ3v) is 8.86. The second-order valence-corrected chi connectivity index (χ2v) is 11.4. The molecule has 4 bridgehead atoms. The summed E-state index contributed by atoms with van der Waals surface area (Å²) in [7, 11) is 0. The number of hydrogen-bond donors (Lipinski definition) is 1. The van der Waals surface area contributed by atoms with Gasteiger partial charge in [-0.05, 0) is 96.6 Å². The monoisotopic (exact) mass is 484 g/mol. The molecule has 4 aliphatic carbocycles. The van der Waals surface area contributed by atoms with Crippen LogP contribution in [0.1, 0.15) is 55.2 Å². The lowest BCUT2D eigenvalue weighted by Gasteiger charge is -2.57. The molecule has 3 aromatic rings. The van der Waals surface area contributed by atoms with Gasteiger partial charge in [-0.2, -0.15) is 0 Å². The highest BCUT2D eigenvalue weighted by Crippen LogP contribution is 2.62. The van der Waals surface area contributed by atoms with Gasteiger partial charge in [-0.15, -0.1) is 0 Å². The maximum Gasteiger partial charge on any atom is 0.123 e. The first-order valence-electron chi connectivity index (χ1n) is 13.0. The number of hydrogen-bond acceptors (Lipinski definition) is 2. The van der Waals surface area contributed by atoms with Crippen molar-refractivity contribution in [3.05, 3.63) is 94.5 Å². The molecule has 0 atom stereocenters. The van der Waals surface area contributed by atoms with Gasteiger partial charge < -0.3 is 9.84 Å². The van der Waals surface area contributed by atoms with E-state index >= 15 is 0 Å². The van der Waals surface area contributed by atoms with E-state index in [2.05, 4.69) is 54.6 Å². The molecule has 4 saturated carbocycles. The molecule has 2 nitrogen and oxygen atoms in total. The van der Waals surface area contributed by atoms with E-state index in [0.29, 0.717) is 6.61 Å². The molecule has 0 amide bonds. The van der Waals surface area contributed by atoms with Crippen LogP contribution in [0.4, 0.5) is 0 Å². The van der Waals surface area contributed by atoms with Crippen molar-refractivity contribution in [2.75, 3.05) is 6.61 Å². The van der Waals surface area contributed by atoms with Crippen LogP contribution < -0.4 is 4.74 Å². The maximum atomic E-state index is 9.09. The van der Waals surface area contributed by atoms with Crippen LogP contribution in [0.2, 0.25) is 5.02 Å². The first-order valence-corrected chi connectivity index (χ1v) is 13.4. The molecule has 0 aromatic heterocycles. The van der Waals surface area contributed by atoms with Crippen LogP contribution in [0.3, 0.4) is 0 Å². The summed E-state index contributed by atoms with van der Waals surface area (Å²) >= 11 is 6.77. The molecule has 7 rings (SSSR count). The number of benzene rings is 3. The van der Waals surface area contributed by atoms with Crippen LogP contribution in [0.15, 0.2) is 72.8 Å². The Morgan fingerprint density at radius 1 is 0.886 bits per heavy atom. The fourth-order valence-corrected chi connectivity index (χ4v) is 7.77. The van der Waals surface area contributed by atoms with Crippen molar-refractivity contribution in [1.29, 1.82) is 0 Å². The first kappa shape index (κ1) is 22.9. The Morgan fingerprint density at radius 2 is 1.60 bits per heavy atom. The highest BCUT2D eigenvalue weighted by molar-refractivity contribution is 6.33. The maximum absolute atomic E-state index is 9.09. The molecular formula is C32H33ClO2. The number of rotatable bonds is 7. The summed E-state index contributed by atoms with van der Waals surface area (Å²) in [6, 6.07) is 23.3. The predicted octanol–water partition coefficient (Wildman–Crippen LogP) is 8.06. The van der Waals surface area contributed by atoms with Crippen molar-refractivity contribution >= 4 is 17.7 Å². The Balaban J connectivity index is 1.39. The fraction of sp³-hybridized carbons (Fsp3) is 0.375. The molecule has 0 spiro atoms. The number of aliphatic hydroxyl groups is 1. The minimum atomic E-state index is 0.0260. The van der Waals surface area contributed by atoms with Crippen molar-refractivity contribution in [3.63, 3.8) is 0 Å². The van der Waals surface area contributed by atoms with Crippen LogP contribution in [0.5, 0.6) is 5.75 Å². The summed E-state index contributed by atoms with van der Waals surface area (Å²) in [5.74, 6) is 3.65. The zero-order valence-corrected chi connectivity index (χ0v) is 20.9. The van der Waals surface area contributed by atoms with E-state index in [4.69, 9.17) is 21.4 Å². The largest absolute Gasteiger partial charge is 0.489 e. The lowest BCUT2D eigenvalue weighted by Crippen LogP contribution is -2.48. The summed E-state index contributed by atoms with van der Waals surface area (Å²) in [5, 5.41) is 9.82. The van der Waals surface area contributed by atoms with Crippen molar-refractivity contribution in [2.24, 2.45) is 17.8 Å². The van der Waals surface area contributed by atoms with Gasteiger partial charge in [0, 0.05) is 16.1 Å². The van der Waals surface area contributed by atoms with Crippen molar-refractivity contribution in [2.45, 2.75) is 50.5 Å². The van der Waals surface area contributed by atoms with E-state index in [-0.39, 0.29) is 12.0 Å². The minimum Gasteiger partial charge on any atom is -0.489 e. The van der Waals surface area contributed by atoms with Gasteiger partial charge >= 0.3 is 0 Å². The van der Waals surface area contributed by atoms with E-state index in [9.17, 15) is 0 Å². The molecule has 3 aromatic carbocycles. The first-order chi connectivity index (χ1) is 17.1. The number of aliphatic hydroxyl groups excluding tert-OH is 1. The second kappa shape index (κ2) is 9.48. The average Bonchev–Trinajstić information content (AvgIpc) is 2.86. The second-order valence-electron chi connectivity index (χ2n) is 11.0. The van der Waals surface area contributed by atoms with Gasteiger partial charge in [0.1, 0.15) is 12.4 Å². The predicted molar refractivity (Wildman–Crippen MR) is 144 cm³/mol. The van der Waals surface area contributed by atoms with E-state index in [1.807, 2.05) is 18.2 Å². The summed E-state index contributed by atoms with van der Waals surface area (Å²) < 4.78 is 6.53. The van der Waals surface area contributed by atoms with Crippen LogP contribution in [0, 0.1) is 17.8 Å². The fourth-order valence-electron chi connectivity index (χ4n) is 7.47. The molecule has 0 unspecified atom stereocenters. The molecule has 35 heavy (non-hydrogen) atoms. The minimum absolute atomic E-state index is 0.0260. The van der Waals surface area contributed by atoms with Gasteiger partial charge in [-0.1, -0.05) is 72.3 Å². The topological polar surface area (TPSA) is 29.5 Å². The highest BCUT2D eigenvalue weighted by atomic mass is 35.5. The SMILES string of the molecule is OC/C=C/c1ccc(-c2ccc(OCc3ccccc3)c(C34CC5CC(CC(C5)C3)C4)c2)c(Cl)c1. The van der Waals surface area contributed by atoms with Gasteiger partial charge in [-0.3, -0.25) is 0 Å². The molecule has 0 saturated heterocycles. The highest BCUT2D eigenvalue weighted by Gasteiger charge is 2.52. The van der Waals surface area contributed by atoms with Crippen molar-refractivity contribution in [1.82, 2.24) is 0 Å². The standard InChI is InChI=1S/C32H33ClO2/c33-30-16-22(7-4-12-34)8-10-28(30)27-9-11-31(35-21-23-5-2-1-3-6-23)29(17-27)32-18-24-13-25(19-32)15-26(14-24)20-32/h1-11,16-17,24-26,34H,12-15,18-21H2/b7-4+. The molecule has 3 heteroatoms. The van der Waals surface area contributed by atoms with Gasteiger partial charge in [0.2, 0.25) is 0 Å². The lowest BCUT2D eigenvalue weighted by molar-refractivity contribution is -0.00645. The Bertz CT molecular complexity index is 1190. The van der Waals surface area contributed by atoms with Gasteiger partial charge in [0.05, 0.1) is 6.61 Å². The summed E-state index contributed by atoms with van der Waals surface area (Å²) in [4.78, 5) is 0. The zero-order chi connectivity index (χ0) is 23.8. The Hall–Kier alpha value is -2.55. The summed E-state index contributed by atoms with van der Waals surface area (Å²) in [6.07, 6.45) is 11.8. The van der Waals surface area contributed by atoms with Crippen LogP contribution in [0.25, 0.3) is 17.2 Å². The van der Waals surface area contributed by atoms with Crippen molar-refractivity contribution in [3.8, 4) is 16.9 Å². The normalized spacial score (nSPS) is 27.0. The molecule has 0 aliphatic heterocycles. The van der Waals surface area contributed by atoms with E-state index in [0.717, 1.165) is 45.2 Å². The van der Waals surface area contributed by atoms with E-state index in [1.54, 1.807) is 6.08 Å². The van der Waals surface area contributed by atoms with Gasteiger partial charge in [0.25, 0.3) is 0 Å². The summed E-state index contributed by atoms with van der Waals surface area (Å²) in [5.41, 5.74) is 6.02.